The number of fused-ring (bicyclic) bond motifs is 1. The molecule has 5 aromatic rings. The molecule has 5 rings (SSSR count). The summed E-state index contributed by atoms with van der Waals surface area (Å²) in [7, 11) is 0. The van der Waals surface area contributed by atoms with Gasteiger partial charge in [-0.2, -0.15) is 0 Å². The van der Waals surface area contributed by atoms with Crippen LogP contribution in [0.4, 0.5) is 4.79 Å². The molecule has 0 fully saturated rings. The smallest absolute Gasteiger partial charge is 0.408 e. The maximum Gasteiger partial charge on any atom is 0.408 e. The highest BCUT2D eigenvalue weighted by Crippen LogP contribution is 2.21. The monoisotopic (exact) mass is 574 g/mol. The number of aromatic nitrogens is 1. The Bertz CT molecular complexity index is 1700. The van der Waals surface area contributed by atoms with Crippen LogP contribution in [0.15, 0.2) is 115 Å². The molecule has 43 heavy (non-hydrogen) atoms. The lowest BCUT2D eigenvalue weighted by molar-refractivity contribution is -0.132. The van der Waals surface area contributed by atoms with Crippen LogP contribution in [0.2, 0.25) is 0 Å². The molecule has 0 saturated heterocycles. The van der Waals surface area contributed by atoms with E-state index >= 15 is 0 Å². The summed E-state index contributed by atoms with van der Waals surface area (Å²) in [4.78, 5) is 42.4. The molecule has 0 saturated carbocycles. The number of carbonyl (C=O) groups is 3. The zero-order valence-electron chi connectivity index (χ0n) is 23.9. The molecule has 8 heteroatoms. The van der Waals surface area contributed by atoms with Gasteiger partial charge >= 0.3 is 6.09 Å². The molecule has 0 radical (unpaired) electrons. The van der Waals surface area contributed by atoms with Gasteiger partial charge in [-0.25, -0.2) is 4.79 Å². The number of benzene rings is 4. The second-order valence-corrected chi connectivity index (χ2v) is 10.7. The highest BCUT2D eigenvalue weighted by atomic mass is 16.5. The van der Waals surface area contributed by atoms with E-state index in [4.69, 9.17) is 10.5 Å². The van der Waals surface area contributed by atoms with Gasteiger partial charge in [0, 0.05) is 29.9 Å². The van der Waals surface area contributed by atoms with E-state index in [-0.39, 0.29) is 19.4 Å². The first-order chi connectivity index (χ1) is 20.8. The van der Waals surface area contributed by atoms with Crippen LogP contribution in [0.3, 0.4) is 0 Å². The summed E-state index contributed by atoms with van der Waals surface area (Å²) in [5.41, 5.74) is 9.90. The molecule has 218 valence electrons. The second kappa shape index (κ2) is 13.1. The Labute approximate surface area is 250 Å². The Balaban J connectivity index is 1.30. The number of nitrogens with one attached hydrogen (secondary N) is 3. The Morgan fingerprint density at radius 2 is 1.44 bits per heavy atom. The van der Waals surface area contributed by atoms with Crippen molar-refractivity contribution in [2.75, 3.05) is 0 Å². The number of para-hydroxylation sites is 1. The van der Waals surface area contributed by atoms with Crippen LogP contribution in [0.1, 0.15) is 23.6 Å². The zero-order valence-corrected chi connectivity index (χ0v) is 23.9. The number of ether oxygens (including phenoxy) is 1. The maximum absolute atomic E-state index is 13.7. The molecule has 8 nitrogen and oxygen atoms in total. The van der Waals surface area contributed by atoms with E-state index in [2.05, 4.69) is 15.6 Å². The van der Waals surface area contributed by atoms with Crippen molar-refractivity contribution in [3.63, 3.8) is 0 Å². The third-order valence-electron chi connectivity index (χ3n) is 7.48. The van der Waals surface area contributed by atoms with Gasteiger partial charge in [-0.3, -0.25) is 9.59 Å². The van der Waals surface area contributed by atoms with E-state index < -0.39 is 29.5 Å². The number of alkyl carbamates (subject to hydrolysis) is 1. The van der Waals surface area contributed by atoms with Crippen molar-refractivity contribution in [2.24, 2.45) is 5.73 Å². The predicted octanol–water partition coefficient (Wildman–Crippen LogP) is 5.28. The first-order valence-corrected chi connectivity index (χ1v) is 14.1. The summed E-state index contributed by atoms with van der Waals surface area (Å²) in [6.45, 7) is 1.61. The summed E-state index contributed by atoms with van der Waals surface area (Å²) in [6.07, 6.45) is 1.41. The van der Waals surface area contributed by atoms with Crippen molar-refractivity contribution in [2.45, 2.75) is 38.0 Å². The number of amides is 3. The normalized spacial score (nSPS) is 13.0. The third-order valence-corrected chi connectivity index (χ3v) is 7.48. The SMILES string of the molecule is CC(Cc1ccccc1)(NC(=O)C(Cc1c[nH]c2ccccc12)NC(=O)OCc1ccc(-c2ccccc2)cc1)C(N)=O. The first-order valence-electron chi connectivity index (χ1n) is 14.1. The highest BCUT2D eigenvalue weighted by Gasteiger charge is 2.36. The molecule has 0 aliphatic rings. The first kappa shape index (κ1) is 29.1. The minimum absolute atomic E-state index is 0.0232. The van der Waals surface area contributed by atoms with Crippen molar-refractivity contribution < 1.29 is 19.1 Å². The summed E-state index contributed by atoms with van der Waals surface area (Å²) < 4.78 is 5.50. The molecule has 0 bridgehead atoms. The topological polar surface area (TPSA) is 126 Å². The molecule has 1 heterocycles. The highest BCUT2D eigenvalue weighted by molar-refractivity contribution is 5.94. The van der Waals surface area contributed by atoms with Crippen LogP contribution in [0.5, 0.6) is 0 Å². The number of primary amides is 1. The second-order valence-electron chi connectivity index (χ2n) is 10.7. The van der Waals surface area contributed by atoms with Crippen LogP contribution >= 0.6 is 0 Å². The Morgan fingerprint density at radius 1 is 0.814 bits per heavy atom. The summed E-state index contributed by atoms with van der Waals surface area (Å²) in [5.74, 6) is -1.23. The number of nitrogens with two attached hydrogens (primary N) is 1. The van der Waals surface area contributed by atoms with E-state index in [9.17, 15) is 14.4 Å². The lowest BCUT2D eigenvalue weighted by Gasteiger charge is -2.30. The zero-order chi connectivity index (χ0) is 30.2. The molecule has 0 aliphatic carbocycles. The van der Waals surface area contributed by atoms with Crippen LogP contribution in [0.25, 0.3) is 22.0 Å². The van der Waals surface area contributed by atoms with E-state index in [0.717, 1.165) is 38.7 Å². The fraction of sp³-hybridized carbons (Fsp3) is 0.171. The van der Waals surface area contributed by atoms with Gasteiger partial charge in [-0.05, 0) is 40.8 Å². The maximum atomic E-state index is 13.7. The fourth-order valence-electron chi connectivity index (χ4n) is 5.04. The minimum atomic E-state index is -1.39. The summed E-state index contributed by atoms with van der Waals surface area (Å²) in [6, 6.07) is 33.7. The van der Waals surface area contributed by atoms with Crippen molar-refractivity contribution in [1.82, 2.24) is 15.6 Å². The van der Waals surface area contributed by atoms with Crippen LogP contribution in [0, 0.1) is 0 Å². The average Bonchev–Trinajstić information content (AvgIpc) is 3.43. The van der Waals surface area contributed by atoms with Gasteiger partial charge in [-0.15, -0.1) is 0 Å². The molecular weight excluding hydrogens is 540 g/mol. The Kier molecular flexibility index (Phi) is 8.86. The average molecular weight is 575 g/mol. The molecule has 0 spiro atoms. The fourth-order valence-corrected chi connectivity index (χ4v) is 5.04. The van der Waals surface area contributed by atoms with Gasteiger partial charge in [0.05, 0.1) is 0 Å². The number of aromatic amines is 1. The van der Waals surface area contributed by atoms with E-state index in [0.29, 0.717) is 0 Å². The van der Waals surface area contributed by atoms with E-state index in [1.165, 1.54) is 0 Å². The largest absolute Gasteiger partial charge is 0.445 e. The van der Waals surface area contributed by atoms with Crippen LogP contribution < -0.4 is 16.4 Å². The number of hydrogen-bond acceptors (Lipinski definition) is 4. The molecular formula is C35H34N4O4. The van der Waals surface area contributed by atoms with Crippen molar-refractivity contribution in [3.8, 4) is 11.1 Å². The quantitative estimate of drug-likeness (QED) is 0.171. The molecule has 3 amide bonds. The lowest BCUT2D eigenvalue weighted by atomic mass is 9.91. The molecule has 2 atom stereocenters. The summed E-state index contributed by atoms with van der Waals surface area (Å²) >= 11 is 0. The molecule has 2 unspecified atom stereocenters. The van der Waals surface area contributed by atoms with Crippen LogP contribution in [-0.4, -0.2) is 34.5 Å². The van der Waals surface area contributed by atoms with Gasteiger partial charge < -0.3 is 26.1 Å². The van der Waals surface area contributed by atoms with Gasteiger partial charge in [-0.1, -0.05) is 103 Å². The number of hydrogen-bond donors (Lipinski definition) is 4. The number of carbonyl (C=O) groups excluding carboxylic acids is 3. The third kappa shape index (κ3) is 7.29. The van der Waals surface area contributed by atoms with Gasteiger partial charge in [0.1, 0.15) is 18.2 Å². The van der Waals surface area contributed by atoms with Crippen LogP contribution in [-0.2, 0) is 33.8 Å². The summed E-state index contributed by atoms with van der Waals surface area (Å²) in [5, 5.41) is 6.45. The molecule has 4 aromatic carbocycles. The van der Waals surface area contributed by atoms with Crippen molar-refractivity contribution in [3.05, 3.63) is 132 Å². The van der Waals surface area contributed by atoms with Gasteiger partial charge in [0.15, 0.2) is 0 Å². The van der Waals surface area contributed by atoms with Crippen molar-refractivity contribution in [1.29, 1.82) is 0 Å². The predicted molar refractivity (Wildman–Crippen MR) is 167 cm³/mol. The molecule has 1 aromatic heterocycles. The van der Waals surface area contributed by atoms with Gasteiger partial charge in [0.2, 0.25) is 11.8 Å². The Hall–Kier alpha value is -5.37. The van der Waals surface area contributed by atoms with Crippen molar-refractivity contribution >= 4 is 28.8 Å². The van der Waals surface area contributed by atoms with Gasteiger partial charge in [0.25, 0.3) is 0 Å². The van der Waals surface area contributed by atoms with E-state index in [1.807, 2.05) is 115 Å². The number of rotatable bonds is 11. The van der Waals surface area contributed by atoms with E-state index in [1.54, 1.807) is 6.92 Å². The lowest BCUT2D eigenvalue weighted by Crippen LogP contribution is -2.61. The minimum Gasteiger partial charge on any atom is -0.445 e. The Morgan fingerprint density at radius 3 is 2.14 bits per heavy atom. The molecule has 5 N–H and O–H groups in total. The number of H-pyrrole nitrogens is 1. The molecule has 0 aliphatic heterocycles. The standard InChI is InChI=1S/C35H34N4O4/c1-35(33(36)41,21-24-10-4-2-5-11-24)39-32(40)31(20-28-22-37-30-15-9-8-14-29(28)30)38-34(42)43-23-25-16-18-27(19-17-25)26-12-6-3-7-13-26/h2-19,22,31,37H,20-21,23H2,1H3,(H2,36,41)(H,38,42)(H,39,40).